The zero-order valence-electron chi connectivity index (χ0n) is 24.5. The molecule has 0 aromatic heterocycles. The van der Waals surface area contributed by atoms with E-state index in [2.05, 4.69) is 13.0 Å². The molecule has 4 aliphatic rings. The maximum absolute atomic E-state index is 13.2. The third-order valence-electron chi connectivity index (χ3n) is 9.88. The highest BCUT2D eigenvalue weighted by atomic mass is 16.6. The smallest absolute Gasteiger partial charge is 0.306 e. The molecular weight excluding hydrogens is 512 g/mol. The summed E-state index contributed by atoms with van der Waals surface area (Å²) in [5.74, 6) is -4.50. The Morgan fingerprint density at radius 2 is 1.77 bits per heavy atom. The zero-order chi connectivity index (χ0) is 29.7. The van der Waals surface area contributed by atoms with Crippen LogP contribution in [0.4, 0.5) is 0 Å². The van der Waals surface area contributed by atoms with E-state index in [4.69, 9.17) is 9.47 Å². The molecule has 4 aliphatic carbocycles. The molecule has 8 atom stereocenters. The van der Waals surface area contributed by atoms with Gasteiger partial charge in [-0.25, -0.2) is 0 Å². The third kappa shape index (κ3) is 4.43. The number of ketones is 1. The van der Waals surface area contributed by atoms with Gasteiger partial charge in [0.25, 0.3) is 0 Å². The molecule has 8 nitrogen and oxygen atoms in total. The van der Waals surface area contributed by atoms with Crippen molar-refractivity contribution in [2.75, 3.05) is 6.61 Å². The summed E-state index contributed by atoms with van der Waals surface area (Å²) in [6, 6.07) is 0. The van der Waals surface area contributed by atoms with Gasteiger partial charge in [0.15, 0.2) is 11.4 Å². The van der Waals surface area contributed by atoms with E-state index in [1.54, 1.807) is 26.0 Å². The largest absolute Gasteiger partial charge is 0.458 e. The fraction of sp³-hybridized carbons (Fsp3) is 0.656. The molecule has 0 aromatic carbocycles. The standard InChI is InChI=1S/C32H44O8/c1-7-8-9-10-11-12-13-14-25(35)39-28-20(3)31(38)23(26-29(5,6)32(26,28)40-21(4)34)16-22(18-33)17-30(37)24(31)15-19(2)27(30)36/h9-12,15-16,20,23-24,26,28,33,37-38H,7-8,13-14,17-18H2,1-6H3. The summed E-state index contributed by atoms with van der Waals surface area (Å²) in [7, 11) is 0. The van der Waals surface area contributed by atoms with E-state index in [0.29, 0.717) is 17.6 Å². The highest BCUT2D eigenvalue weighted by Crippen LogP contribution is 2.77. The Balaban J connectivity index is 1.74. The molecule has 8 unspecified atom stereocenters. The van der Waals surface area contributed by atoms with Crippen LogP contribution in [0.25, 0.3) is 0 Å². The van der Waals surface area contributed by atoms with Gasteiger partial charge in [-0.3, -0.25) is 14.4 Å². The molecule has 2 saturated carbocycles. The molecule has 0 aromatic rings. The lowest BCUT2D eigenvalue weighted by atomic mass is 9.59. The number of aliphatic hydroxyl groups excluding tert-OH is 1. The van der Waals surface area contributed by atoms with Crippen LogP contribution < -0.4 is 0 Å². The lowest BCUT2D eigenvalue weighted by Gasteiger charge is -2.53. The maximum Gasteiger partial charge on any atom is 0.306 e. The summed E-state index contributed by atoms with van der Waals surface area (Å²) in [5, 5.41) is 34.6. The number of carbonyl (C=O) groups excluding carboxylic acids is 3. The van der Waals surface area contributed by atoms with Gasteiger partial charge in [0, 0.05) is 48.9 Å². The fourth-order valence-corrected chi connectivity index (χ4v) is 7.98. The minimum atomic E-state index is -1.94. The third-order valence-corrected chi connectivity index (χ3v) is 9.88. The van der Waals surface area contributed by atoms with Crippen molar-refractivity contribution in [3.05, 3.63) is 47.6 Å². The molecule has 0 saturated heterocycles. The molecule has 40 heavy (non-hydrogen) atoms. The summed E-state index contributed by atoms with van der Waals surface area (Å²) >= 11 is 0. The first-order chi connectivity index (χ1) is 18.7. The second-order valence-corrected chi connectivity index (χ2v) is 12.6. The average molecular weight is 557 g/mol. The molecular formula is C32H44O8. The average Bonchev–Trinajstić information content (AvgIpc) is 3.31. The minimum absolute atomic E-state index is 0.101. The highest BCUT2D eigenvalue weighted by Gasteiger charge is 2.87. The number of hydrogen-bond donors (Lipinski definition) is 3. The summed E-state index contributed by atoms with van der Waals surface area (Å²) in [4.78, 5) is 38.8. The number of Topliss-reactive ketones (excluding diaryl/α,β-unsaturated/α-hetero) is 1. The van der Waals surface area contributed by atoms with Gasteiger partial charge in [-0.05, 0) is 30.9 Å². The summed E-state index contributed by atoms with van der Waals surface area (Å²) in [6.07, 6.45) is 12.6. The summed E-state index contributed by atoms with van der Waals surface area (Å²) in [6.45, 7) is 10.2. The number of hydrogen-bond acceptors (Lipinski definition) is 8. The number of unbranched alkanes of at least 4 members (excludes halogenated alkanes) is 1. The Kier molecular flexibility index (Phi) is 8.13. The predicted molar refractivity (Wildman–Crippen MR) is 149 cm³/mol. The lowest BCUT2D eigenvalue weighted by molar-refractivity contribution is -0.228. The van der Waals surface area contributed by atoms with E-state index >= 15 is 0 Å². The van der Waals surface area contributed by atoms with Crippen molar-refractivity contribution in [3.8, 4) is 0 Å². The van der Waals surface area contributed by atoms with Crippen LogP contribution in [0.15, 0.2) is 47.6 Å². The molecule has 0 radical (unpaired) electrons. The van der Waals surface area contributed by atoms with E-state index < -0.39 is 76.3 Å². The number of rotatable bonds is 9. The number of esters is 2. The lowest BCUT2D eigenvalue weighted by Crippen LogP contribution is -2.66. The normalized spacial score (nSPS) is 39.6. The Hall–Kier alpha value is -2.55. The van der Waals surface area contributed by atoms with Crippen LogP contribution in [0, 0.1) is 29.1 Å². The predicted octanol–water partition coefficient (Wildman–Crippen LogP) is 3.74. The van der Waals surface area contributed by atoms with Crippen LogP contribution in [-0.2, 0) is 23.9 Å². The molecule has 0 aliphatic heterocycles. The molecule has 0 spiro atoms. The van der Waals surface area contributed by atoms with Crippen LogP contribution in [0.2, 0.25) is 0 Å². The number of fused-ring (bicyclic) bond motifs is 5. The number of aliphatic hydroxyl groups is 3. The molecule has 220 valence electrons. The first kappa shape index (κ1) is 30.4. The van der Waals surface area contributed by atoms with Crippen LogP contribution in [0.3, 0.4) is 0 Å². The summed E-state index contributed by atoms with van der Waals surface area (Å²) in [5.41, 5.74) is -4.82. The van der Waals surface area contributed by atoms with Crippen LogP contribution in [-0.4, -0.2) is 62.6 Å². The topological polar surface area (TPSA) is 130 Å². The molecule has 2 fully saturated rings. The Labute approximate surface area is 236 Å². The molecule has 0 amide bonds. The Bertz CT molecular complexity index is 1180. The van der Waals surface area contributed by atoms with Gasteiger partial charge in [0.05, 0.1) is 12.2 Å². The van der Waals surface area contributed by atoms with E-state index in [-0.39, 0.29) is 12.8 Å². The monoisotopic (exact) mass is 556 g/mol. The quantitative estimate of drug-likeness (QED) is 0.222. The van der Waals surface area contributed by atoms with Crippen molar-refractivity contribution >= 4 is 17.7 Å². The van der Waals surface area contributed by atoms with Crippen LogP contribution in [0.5, 0.6) is 0 Å². The fourth-order valence-electron chi connectivity index (χ4n) is 7.98. The number of carbonyl (C=O) groups is 3. The van der Waals surface area contributed by atoms with E-state index in [9.17, 15) is 29.7 Å². The van der Waals surface area contributed by atoms with Gasteiger partial charge < -0.3 is 24.8 Å². The Morgan fingerprint density at radius 3 is 2.38 bits per heavy atom. The van der Waals surface area contributed by atoms with Gasteiger partial charge in [0.2, 0.25) is 0 Å². The van der Waals surface area contributed by atoms with E-state index in [1.807, 2.05) is 32.1 Å². The van der Waals surface area contributed by atoms with Crippen molar-refractivity contribution in [3.63, 3.8) is 0 Å². The molecule has 0 heterocycles. The van der Waals surface area contributed by atoms with E-state index in [1.165, 1.54) is 6.92 Å². The van der Waals surface area contributed by atoms with Crippen LogP contribution in [0.1, 0.15) is 73.6 Å². The van der Waals surface area contributed by atoms with Gasteiger partial charge in [-0.15, -0.1) is 0 Å². The van der Waals surface area contributed by atoms with Crippen molar-refractivity contribution in [1.29, 1.82) is 0 Å². The molecule has 8 heteroatoms. The second-order valence-electron chi connectivity index (χ2n) is 12.6. The van der Waals surface area contributed by atoms with Crippen molar-refractivity contribution in [2.24, 2.45) is 29.1 Å². The number of ether oxygens (including phenoxy) is 2. The minimum Gasteiger partial charge on any atom is -0.458 e. The molecule has 4 rings (SSSR count). The zero-order valence-corrected chi connectivity index (χ0v) is 24.5. The molecule has 0 bridgehead atoms. The van der Waals surface area contributed by atoms with Crippen molar-refractivity contribution in [1.82, 2.24) is 0 Å². The highest BCUT2D eigenvalue weighted by molar-refractivity contribution is 6.04. The van der Waals surface area contributed by atoms with Gasteiger partial charge in [-0.2, -0.15) is 0 Å². The first-order valence-electron chi connectivity index (χ1n) is 14.4. The summed E-state index contributed by atoms with van der Waals surface area (Å²) < 4.78 is 12.1. The van der Waals surface area contributed by atoms with Crippen molar-refractivity contribution in [2.45, 2.75) is 96.6 Å². The maximum atomic E-state index is 13.2. The number of allylic oxidation sites excluding steroid dienone is 4. The Morgan fingerprint density at radius 1 is 1.12 bits per heavy atom. The SMILES string of the molecule is CCCC=CC=CCCC(=O)OC1C(C)C2(O)C(C=C(CO)CC3(O)C(=O)C(C)=CC32)C2C(C)(C)C12OC(C)=O. The van der Waals surface area contributed by atoms with Gasteiger partial charge in [-0.1, -0.05) is 70.6 Å². The second kappa shape index (κ2) is 10.7. The van der Waals surface area contributed by atoms with Gasteiger partial charge in [0.1, 0.15) is 11.7 Å². The van der Waals surface area contributed by atoms with Crippen LogP contribution >= 0.6 is 0 Å². The molecule has 3 N–H and O–H groups in total. The van der Waals surface area contributed by atoms with E-state index in [0.717, 1.165) is 12.8 Å². The first-order valence-corrected chi connectivity index (χ1v) is 14.4. The van der Waals surface area contributed by atoms with Crippen molar-refractivity contribution < 1.29 is 39.2 Å². The van der Waals surface area contributed by atoms with Gasteiger partial charge >= 0.3 is 11.9 Å².